The van der Waals surface area contributed by atoms with Gasteiger partial charge >= 0.3 is 6.18 Å². The quantitative estimate of drug-likeness (QED) is 0.896. The minimum absolute atomic E-state index is 0.0214. The van der Waals surface area contributed by atoms with E-state index in [0.29, 0.717) is 12.6 Å². The predicted octanol–water partition coefficient (Wildman–Crippen LogP) is 3.67. The number of nitrogens with zero attached hydrogens (tertiary/aromatic N) is 1. The molecule has 1 aromatic carbocycles. The number of hydrogen-bond acceptors (Lipinski definition) is 2. The lowest BCUT2D eigenvalue weighted by molar-refractivity contribution is -0.137. The molecule has 5 heteroatoms. The van der Waals surface area contributed by atoms with Crippen molar-refractivity contribution in [1.82, 2.24) is 10.2 Å². The van der Waals surface area contributed by atoms with Gasteiger partial charge in [-0.15, -0.1) is 0 Å². The number of halogens is 3. The van der Waals surface area contributed by atoms with E-state index in [2.05, 4.69) is 31.0 Å². The van der Waals surface area contributed by atoms with Crippen LogP contribution in [0, 0.1) is 0 Å². The van der Waals surface area contributed by atoms with E-state index < -0.39 is 11.7 Å². The molecular weight excluding hydrogens is 277 g/mol. The largest absolute Gasteiger partial charge is 0.416 e. The molecule has 2 nitrogen and oxygen atoms in total. The molecule has 2 rings (SSSR count). The van der Waals surface area contributed by atoms with Crippen LogP contribution in [0.5, 0.6) is 0 Å². The second-order valence-corrected chi connectivity index (χ2v) is 6.55. The van der Waals surface area contributed by atoms with E-state index in [1.165, 1.54) is 12.1 Å². The van der Waals surface area contributed by atoms with Crippen LogP contribution in [-0.2, 0) is 12.7 Å². The van der Waals surface area contributed by atoms with Gasteiger partial charge in [-0.2, -0.15) is 13.2 Å². The maximum absolute atomic E-state index is 12.8. The fraction of sp³-hybridized carbons (Fsp3) is 0.625. The van der Waals surface area contributed by atoms with E-state index in [0.717, 1.165) is 31.1 Å². The second kappa shape index (κ2) is 5.97. The molecule has 0 aliphatic carbocycles. The van der Waals surface area contributed by atoms with E-state index >= 15 is 0 Å². The average molecular weight is 300 g/mol. The van der Waals surface area contributed by atoms with Crippen molar-refractivity contribution in [1.29, 1.82) is 0 Å². The summed E-state index contributed by atoms with van der Waals surface area (Å²) in [4.78, 5) is 2.26. The molecule has 1 fully saturated rings. The van der Waals surface area contributed by atoms with Crippen molar-refractivity contribution in [2.75, 3.05) is 13.1 Å². The maximum atomic E-state index is 12.8. The van der Waals surface area contributed by atoms with Crippen molar-refractivity contribution in [3.63, 3.8) is 0 Å². The number of rotatable bonds is 2. The van der Waals surface area contributed by atoms with Gasteiger partial charge in [0.05, 0.1) is 5.56 Å². The Morgan fingerprint density at radius 3 is 2.71 bits per heavy atom. The first-order valence-electron chi connectivity index (χ1n) is 7.33. The highest BCUT2D eigenvalue weighted by atomic mass is 19.4. The van der Waals surface area contributed by atoms with Crippen molar-refractivity contribution in [2.45, 2.75) is 51.5 Å². The van der Waals surface area contributed by atoms with E-state index in [1.54, 1.807) is 6.07 Å². The topological polar surface area (TPSA) is 15.3 Å². The minimum Gasteiger partial charge on any atom is -0.310 e. The summed E-state index contributed by atoms with van der Waals surface area (Å²) in [5, 5.41) is 3.48. The third-order valence-electron chi connectivity index (χ3n) is 4.03. The first-order chi connectivity index (χ1) is 9.67. The molecule has 1 aromatic rings. The molecule has 0 aromatic heterocycles. The van der Waals surface area contributed by atoms with Gasteiger partial charge in [0.15, 0.2) is 0 Å². The monoisotopic (exact) mass is 300 g/mol. The van der Waals surface area contributed by atoms with Crippen LogP contribution in [0.2, 0.25) is 0 Å². The molecule has 0 spiro atoms. The van der Waals surface area contributed by atoms with Crippen molar-refractivity contribution < 1.29 is 13.2 Å². The molecule has 1 N–H and O–H groups in total. The van der Waals surface area contributed by atoms with Gasteiger partial charge in [0.1, 0.15) is 0 Å². The molecule has 1 heterocycles. The van der Waals surface area contributed by atoms with Crippen LogP contribution in [0.25, 0.3) is 0 Å². The first kappa shape index (κ1) is 16.3. The van der Waals surface area contributed by atoms with E-state index in [9.17, 15) is 13.2 Å². The molecule has 0 saturated carbocycles. The molecule has 1 saturated heterocycles. The SMILES string of the molecule is CC1CCNC(C)(C)CN1Cc1cccc(C(F)(F)F)c1. The van der Waals surface area contributed by atoms with Crippen LogP contribution in [0.4, 0.5) is 13.2 Å². The summed E-state index contributed by atoms with van der Waals surface area (Å²) in [7, 11) is 0. The minimum atomic E-state index is -4.28. The Hall–Kier alpha value is -1.07. The zero-order valence-corrected chi connectivity index (χ0v) is 12.8. The van der Waals surface area contributed by atoms with Crippen LogP contribution in [0.15, 0.2) is 24.3 Å². The molecule has 0 amide bonds. The Morgan fingerprint density at radius 2 is 2.05 bits per heavy atom. The van der Waals surface area contributed by atoms with Crippen LogP contribution >= 0.6 is 0 Å². The average Bonchev–Trinajstić information content (AvgIpc) is 2.48. The Labute approximate surface area is 124 Å². The van der Waals surface area contributed by atoms with Gasteiger partial charge in [-0.1, -0.05) is 18.2 Å². The highest BCUT2D eigenvalue weighted by Gasteiger charge is 2.31. The number of alkyl halides is 3. The zero-order chi connectivity index (χ0) is 15.7. The third-order valence-corrected chi connectivity index (χ3v) is 4.03. The summed E-state index contributed by atoms with van der Waals surface area (Å²) >= 11 is 0. The summed E-state index contributed by atoms with van der Waals surface area (Å²) in [6.45, 7) is 8.71. The van der Waals surface area contributed by atoms with Gasteiger partial charge in [-0.3, -0.25) is 4.90 Å². The first-order valence-corrected chi connectivity index (χ1v) is 7.33. The number of nitrogens with one attached hydrogen (secondary N) is 1. The fourth-order valence-electron chi connectivity index (χ4n) is 2.81. The molecule has 1 aliphatic rings. The van der Waals surface area contributed by atoms with Crippen molar-refractivity contribution in [3.05, 3.63) is 35.4 Å². The Morgan fingerprint density at radius 1 is 1.33 bits per heavy atom. The lowest BCUT2D eigenvalue weighted by Crippen LogP contribution is -2.47. The summed E-state index contributed by atoms with van der Waals surface area (Å²) in [6, 6.07) is 6.00. The van der Waals surface area contributed by atoms with Gasteiger partial charge in [-0.05, 0) is 45.4 Å². The predicted molar refractivity (Wildman–Crippen MR) is 78.0 cm³/mol. The van der Waals surface area contributed by atoms with E-state index in [4.69, 9.17) is 0 Å². The number of benzene rings is 1. The molecular formula is C16H23F3N2. The second-order valence-electron chi connectivity index (χ2n) is 6.55. The van der Waals surface area contributed by atoms with Crippen molar-refractivity contribution >= 4 is 0 Å². The van der Waals surface area contributed by atoms with Gasteiger partial charge in [-0.25, -0.2) is 0 Å². The summed E-state index contributed by atoms with van der Waals surface area (Å²) in [5.74, 6) is 0. The number of hydrogen-bond donors (Lipinski definition) is 1. The molecule has 0 radical (unpaired) electrons. The lowest BCUT2D eigenvalue weighted by Gasteiger charge is -2.33. The van der Waals surface area contributed by atoms with Crippen molar-refractivity contribution in [2.24, 2.45) is 0 Å². The van der Waals surface area contributed by atoms with Gasteiger partial charge in [0.25, 0.3) is 0 Å². The van der Waals surface area contributed by atoms with Crippen molar-refractivity contribution in [3.8, 4) is 0 Å². The molecule has 1 atom stereocenters. The summed E-state index contributed by atoms with van der Waals surface area (Å²) in [6.07, 6.45) is -3.27. The van der Waals surface area contributed by atoms with Crippen LogP contribution in [-0.4, -0.2) is 29.6 Å². The Balaban J connectivity index is 2.16. The normalized spacial score (nSPS) is 23.8. The maximum Gasteiger partial charge on any atom is 0.416 e. The molecule has 21 heavy (non-hydrogen) atoms. The zero-order valence-electron chi connectivity index (χ0n) is 12.8. The standard InChI is InChI=1S/C16H23F3N2/c1-12-7-8-20-15(2,3)11-21(12)10-13-5-4-6-14(9-13)16(17,18)19/h4-6,9,12,20H,7-8,10-11H2,1-3H3. The molecule has 118 valence electrons. The van der Waals surface area contributed by atoms with Gasteiger partial charge in [0, 0.05) is 24.7 Å². The Kier molecular flexibility index (Phi) is 4.63. The smallest absolute Gasteiger partial charge is 0.310 e. The fourth-order valence-corrected chi connectivity index (χ4v) is 2.81. The molecule has 1 aliphatic heterocycles. The summed E-state index contributed by atoms with van der Waals surface area (Å²) < 4.78 is 38.4. The van der Waals surface area contributed by atoms with Gasteiger partial charge < -0.3 is 5.32 Å². The highest BCUT2D eigenvalue weighted by Crippen LogP contribution is 2.30. The van der Waals surface area contributed by atoms with E-state index in [1.807, 2.05) is 0 Å². The van der Waals surface area contributed by atoms with E-state index in [-0.39, 0.29) is 5.54 Å². The lowest BCUT2D eigenvalue weighted by atomic mass is 10.0. The molecule has 0 bridgehead atoms. The highest BCUT2D eigenvalue weighted by molar-refractivity contribution is 5.25. The molecule has 1 unspecified atom stereocenters. The van der Waals surface area contributed by atoms with Crippen LogP contribution in [0.1, 0.15) is 38.3 Å². The van der Waals surface area contributed by atoms with Crippen LogP contribution < -0.4 is 5.32 Å². The Bertz CT molecular complexity index is 483. The van der Waals surface area contributed by atoms with Gasteiger partial charge in [0.2, 0.25) is 0 Å². The third kappa shape index (κ3) is 4.45. The van der Waals surface area contributed by atoms with Crippen LogP contribution in [0.3, 0.4) is 0 Å². The summed E-state index contributed by atoms with van der Waals surface area (Å²) in [5.41, 5.74) is 0.126.